The van der Waals surface area contributed by atoms with Crippen molar-refractivity contribution in [2.24, 2.45) is 10.9 Å². The van der Waals surface area contributed by atoms with E-state index in [1.807, 2.05) is 24.3 Å². The lowest BCUT2D eigenvalue weighted by molar-refractivity contribution is 0.0907. The van der Waals surface area contributed by atoms with Gasteiger partial charge in [0.15, 0.2) is 6.23 Å². The third kappa shape index (κ3) is 1.82. The van der Waals surface area contributed by atoms with Crippen molar-refractivity contribution >= 4 is 17.3 Å². The molecule has 3 nitrogen and oxygen atoms in total. The van der Waals surface area contributed by atoms with Crippen LogP contribution in [0.25, 0.3) is 0 Å². The zero-order valence-corrected chi connectivity index (χ0v) is 7.66. The van der Waals surface area contributed by atoms with Crippen molar-refractivity contribution in [2.45, 2.75) is 12.6 Å². The predicted octanol–water partition coefficient (Wildman–Crippen LogP) is 1.75. The molecular formula is C9H9ClN2O. The highest BCUT2D eigenvalue weighted by atomic mass is 35.5. The van der Waals surface area contributed by atoms with Crippen molar-refractivity contribution in [1.82, 2.24) is 0 Å². The first-order chi connectivity index (χ1) is 6.25. The molecule has 0 amide bonds. The van der Waals surface area contributed by atoms with Crippen molar-refractivity contribution in [2.75, 3.05) is 0 Å². The first kappa shape index (κ1) is 8.53. The van der Waals surface area contributed by atoms with Crippen LogP contribution in [0.4, 0.5) is 0 Å². The minimum Gasteiger partial charge on any atom is -0.376 e. The largest absolute Gasteiger partial charge is 0.376 e. The van der Waals surface area contributed by atoms with Crippen LogP contribution in [0.1, 0.15) is 12.0 Å². The topological polar surface area (TPSA) is 47.6 Å². The molecule has 2 N–H and O–H groups in total. The van der Waals surface area contributed by atoms with Gasteiger partial charge in [-0.2, -0.15) is 0 Å². The molecule has 1 aromatic carbocycles. The zero-order chi connectivity index (χ0) is 9.26. The summed E-state index contributed by atoms with van der Waals surface area (Å²) < 4.78 is 0. The van der Waals surface area contributed by atoms with E-state index in [4.69, 9.17) is 22.2 Å². The number of hydrogen-bond donors (Lipinski definition) is 1. The van der Waals surface area contributed by atoms with Gasteiger partial charge in [0.25, 0.3) is 0 Å². The minimum atomic E-state index is -0.300. The van der Waals surface area contributed by atoms with Gasteiger partial charge in [0.1, 0.15) is 0 Å². The van der Waals surface area contributed by atoms with Gasteiger partial charge in [-0.25, -0.2) is 0 Å². The maximum Gasteiger partial charge on any atom is 0.182 e. The molecule has 0 saturated carbocycles. The molecule has 0 fully saturated rings. The van der Waals surface area contributed by atoms with Crippen LogP contribution >= 0.6 is 11.6 Å². The smallest absolute Gasteiger partial charge is 0.182 e. The standard InChI is InChI=1S/C9H9ClN2O/c10-7-3-1-6(2-4-7)8-5-9(11)13-12-8/h1-4,9H,5,11H2. The molecule has 4 heteroatoms. The van der Waals surface area contributed by atoms with E-state index in [1.165, 1.54) is 0 Å². The fourth-order valence-corrected chi connectivity index (χ4v) is 1.34. The number of oxime groups is 1. The fourth-order valence-electron chi connectivity index (χ4n) is 1.21. The average molecular weight is 197 g/mol. The van der Waals surface area contributed by atoms with E-state index in [0.29, 0.717) is 11.4 Å². The Morgan fingerprint density at radius 3 is 2.62 bits per heavy atom. The van der Waals surface area contributed by atoms with Crippen molar-refractivity contribution < 1.29 is 4.84 Å². The maximum atomic E-state index is 5.75. The Morgan fingerprint density at radius 1 is 1.38 bits per heavy atom. The van der Waals surface area contributed by atoms with Gasteiger partial charge in [-0.15, -0.1) is 0 Å². The predicted molar refractivity (Wildman–Crippen MR) is 51.7 cm³/mol. The number of nitrogens with zero attached hydrogens (tertiary/aromatic N) is 1. The summed E-state index contributed by atoms with van der Waals surface area (Å²) in [6, 6.07) is 7.46. The van der Waals surface area contributed by atoms with Crippen LogP contribution in [0.3, 0.4) is 0 Å². The van der Waals surface area contributed by atoms with Crippen molar-refractivity contribution in [3.63, 3.8) is 0 Å². The lowest BCUT2D eigenvalue weighted by Gasteiger charge is -1.98. The fraction of sp³-hybridized carbons (Fsp3) is 0.222. The molecule has 1 aliphatic rings. The second-order valence-electron chi connectivity index (χ2n) is 2.89. The van der Waals surface area contributed by atoms with Gasteiger partial charge >= 0.3 is 0 Å². The number of hydrogen-bond acceptors (Lipinski definition) is 3. The van der Waals surface area contributed by atoms with Crippen LogP contribution in [-0.4, -0.2) is 11.9 Å². The molecule has 68 valence electrons. The van der Waals surface area contributed by atoms with Gasteiger partial charge in [0.05, 0.1) is 5.71 Å². The Kier molecular flexibility index (Phi) is 2.20. The summed E-state index contributed by atoms with van der Waals surface area (Å²) in [4.78, 5) is 4.88. The molecule has 1 unspecified atom stereocenters. The molecule has 1 aromatic rings. The monoisotopic (exact) mass is 196 g/mol. The van der Waals surface area contributed by atoms with Gasteiger partial charge in [0, 0.05) is 11.4 Å². The van der Waals surface area contributed by atoms with E-state index in [0.717, 1.165) is 11.3 Å². The minimum absolute atomic E-state index is 0.300. The molecule has 0 aromatic heterocycles. The van der Waals surface area contributed by atoms with E-state index in [-0.39, 0.29) is 6.23 Å². The van der Waals surface area contributed by atoms with Crippen LogP contribution in [0.2, 0.25) is 5.02 Å². The zero-order valence-electron chi connectivity index (χ0n) is 6.90. The lowest BCUT2D eigenvalue weighted by Crippen LogP contribution is -2.19. The Balaban J connectivity index is 2.22. The van der Waals surface area contributed by atoms with Crippen molar-refractivity contribution in [1.29, 1.82) is 0 Å². The highest BCUT2D eigenvalue weighted by molar-refractivity contribution is 6.30. The second-order valence-corrected chi connectivity index (χ2v) is 3.33. The number of rotatable bonds is 1. The average Bonchev–Trinajstić information content (AvgIpc) is 2.53. The SMILES string of the molecule is NC1CC(c2ccc(Cl)cc2)=NO1. The molecular weight excluding hydrogens is 188 g/mol. The van der Waals surface area contributed by atoms with Gasteiger partial charge in [0.2, 0.25) is 0 Å². The summed E-state index contributed by atoms with van der Waals surface area (Å²) in [6.07, 6.45) is 0.354. The summed E-state index contributed by atoms with van der Waals surface area (Å²) >= 11 is 5.75. The highest BCUT2D eigenvalue weighted by Gasteiger charge is 2.17. The molecule has 1 aliphatic heterocycles. The third-order valence-corrected chi connectivity index (χ3v) is 2.12. The number of nitrogens with two attached hydrogens (primary N) is 1. The molecule has 2 rings (SSSR count). The number of benzene rings is 1. The first-order valence-corrected chi connectivity index (χ1v) is 4.38. The van der Waals surface area contributed by atoms with Gasteiger partial charge in [-0.05, 0) is 17.7 Å². The third-order valence-electron chi connectivity index (χ3n) is 1.87. The van der Waals surface area contributed by atoms with Gasteiger partial charge in [-0.3, -0.25) is 5.73 Å². The molecule has 1 heterocycles. The Morgan fingerprint density at radius 2 is 2.08 bits per heavy atom. The summed E-state index contributed by atoms with van der Waals surface area (Å²) in [5.41, 5.74) is 7.42. The molecule has 0 radical (unpaired) electrons. The van der Waals surface area contributed by atoms with E-state index >= 15 is 0 Å². The summed E-state index contributed by atoms with van der Waals surface area (Å²) in [6.45, 7) is 0. The van der Waals surface area contributed by atoms with Crippen LogP contribution in [0.15, 0.2) is 29.4 Å². The van der Waals surface area contributed by atoms with Crippen LogP contribution in [0, 0.1) is 0 Å². The molecule has 13 heavy (non-hydrogen) atoms. The Labute approximate surface area is 81.1 Å². The van der Waals surface area contributed by atoms with Crippen molar-refractivity contribution in [3.8, 4) is 0 Å². The summed E-state index contributed by atoms with van der Waals surface area (Å²) in [7, 11) is 0. The quantitative estimate of drug-likeness (QED) is 0.744. The van der Waals surface area contributed by atoms with Crippen LogP contribution in [0.5, 0.6) is 0 Å². The molecule has 0 bridgehead atoms. The van der Waals surface area contributed by atoms with E-state index < -0.39 is 0 Å². The van der Waals surface area contributed by atoms with Crippen molar-refractivity contribution in [3.05, 3.63) is 34.9 Å². The van der Waals surface area contributed by atoms with E-state index in [2.05, 4.69) is 5.16 Å². The molecule has 0 aliphatic carbocycles. The van der Waals surface area contributed by atoms with Crippen LogP contribution in [-0.2, 0) is 4.84 Å². The normalized spacial score (nSPS) is 21.1. The summed E-state index contributed by atoms with van der Waals surface area (Å²) in [5.74, 6) is 0. The summed E-state index contributed by atoms with van der Waals surface area (Å²) in [5, 5.41) is 4.58. The Bertz CT molecular complexity index is 334. The molecule has 0 saturated heterocycles. The second kappa shape index (κ2) is 3.36. The Hall–Kier alpha value is -1.06. The van der Waals surface area contributed by atoms with Crippen LogP contribution < -0.4 is 5.73 Å². The maximum absolute atomic E-state index is 5.75. The number of halogens is 1. The van der Waals surface area contributed by atoms with E-state index in [1.54, 1.807) is 0 Å². The van der Waals surface area contributed by atoms with E-state index in [9.17, 15) is 0 Å². The van der Waals surface area contributed by atoms with Gasteiger partial charge in [-0.1, -0.05) is 28.9 Å². The molecule has 1 atom stereocenters. The lowest BCUT2D eigenvalue weighted by atomic mass is 10.1. The van der Waals surface area contributed by atoms with Gasteiger partial charge < -0.3 is 4.84 Å². The highest BCUT2D eigenvalue weighted by Crippen LogP contribution is 2.16. The molecule has 0 spiro atoms. The first-order valence-electron chi connectivity index (χ1n) is 4.00.